The van der Waals surface area contributed by atoms with Gasteiger partial charge in [-0.25, -0.2) is 21.6 Å². The topological polar surface area (TPSA) is 110 Å². The third kappa shape index (κ3) is 13.2. The van der Waals surface area contributed by atoms with Crippen molar-refractivity contribution in [2.75, 3.05) is 12.9 Å². The average Bonchev–Trinajstić information content (AvgIpc) is 3.05. The maximum atomic E-state index is 12.4. The van der Waals surface area contributed by atoms with E-state index in [0.29, 0.717) is 24.0 Å². The van der Waals surface area contributed by atoms with Gasteiger partial charge in [0.25, 0.3) is 0 Å². The van der Waals surface area contributed by atoms with E-state index in [0.717, 1.165) is 73.8 Å². The molecule has 0 bridgehead atoms. The van der Waals surface area contributed by atoms with Crippen LogP contribution in [-0.4, -0.2) is 56.0 Å². The molecule has 1 aromatic heterocycles. The molecule has 7 nitrogen and oxygen atoms in total. The highest BCUT2D eigenvalue weighted by Crippen LogP contribution is 2.31. The second-order valence-corrected chi connectivity index (χ2v) is 20.6. The average molecular weight is 730 g/mol. The predicted octanol–water partition coefficient (Wildman–Crippen LogP) is 7.73. The second-order valence-electron chi connectivity index (χ2n) is 15.3. The van der Waals surface area contributed by atoms with Crippen molar-refractivity contribution in [2.45, 2.75) is 122 Å². The summed E-state index contributed by atoms with van der Waals surface area (Å²) < 4.78 is 65.8. The number of sulfone groups is 1. The first-order chi connectivity index (χ1) is 23.7. The Kier molecular flexibility index (Phi) is 15.7. The molecule has 4 rings (SSSR count). The fraction of sp³-hybridized carbons (Fsp3) is 0.600. The van der Waals surface area contributed by atoms with Gasteiger partial charge in [0.15, 0.2) is 9.84 Å². The number of halogens is 1. The van der Waals surface area contributed by atoms with Gasteiger partial charge in [-0.15, -0.1) is 12.3 Å². The van der Waals surface area contributed by atoms with Crippen LogP contribution in [0.3, 0.4) is 0 Å². The zero-order chi connectivity index (χ0) is 38.5. The fourth-order valence-electron chi connectivity index (χ4n) is 5.80. The number of hydrogen-bond donors (Lipinski definition) is 1. The lowest BCUT2D eigenvalue weighted by Gasteiger charge is -2.29. The Balaban J connectivity index is 0.000000397. The van der Waals surface area contributed by atoms with E-state index in [9.17, 15) is 26.0 Å². The maximum Gasteiger partial charge on any atom is 0.216 e. The Hall–Kier alpha value is -3.05. The Bertz CT molecular complexity index is 1730. The summed E-state index contributed by atoms with van der Waals surface area (Å²) in [7, 11) is -7.32. The Morgan fingerprint density at radius 1 is 0.940 bits per heavy atom. The maximum absolute atomic E-state index is 12.4. The lowest BCUT2D eigenvalue weighted by molar-refractivity contribution is -0.116. The fourth-order valence-corrected chi connectivity index (χ4v) is 8.28. The van der Waals surface area contributed by atoms with Crippen LogP contribution in [0.4, 0.5) is 4.39 Å². The van der Waals surface area contributed by atoms with E-state index in [1.165, 1.54) is 0 Å². The lowest BCUT2D eigenvalue weighted by Crippen LogP contribution is -2.45. The van der Waals surface area contributed by atoms with E-state index in [2.05, 4.69) is 27.5 Å². The molecule has 0 saturated heterocycles. The van der Waals surface area contributed by atoms with Crippen LogP contribution in [0.25, 0.3) is 11.3 Å². The number of benzene rings is 1. The van der Waals surface area contributed by atoms with E-state index >= 15 is 0 Å². The van der Waals surface area contributed by atoms with Crippen molar-refractivity contribution in [3.63, 3.8) is 0 Å². The Morgan fingerprint density at radius 3 is 2.04 bits per heavy atom. The van der Waals surface area contributed by atoms with Gasteiger partial charge in [-0.2, -0.15) is 0 Å². The molecule has 50 heavy (non-hydrogen) atoms. The third-order valence-electron chi connectivity index (χ3n) is 9.25. The number of nitrogens with one attached hydrogen (secondary N) is 1. The summed E-state index contributed by atoms with van der Waals surface area (Å²) in [5.74, 6) is 10.8. The number of rotatable bonds is 7. The van der Waals surface area contributed by atoms with E-state index in [4.69, 9.17) is 7.79 Å². The van der Waals surface area contributed by atoms with Gasteiger partial charge in [-0.05, 0) is 130 Å². The van der Waals surface area contributed by atoms with Crippen molar-refractivity contribution in [3.8, 4) is 35.4 Å². The molecule has 2 fully saturated rings. The minimum Gasteiger partial charge on any atom is -0.300 e. The summed E-state index contributed by atoms with van der Waals surface area (Å²) in [6.07, 6.45) is 14.7. The van der Waals surface area contributed by atoms with Gasteiger partial charge in [0, 0.05) is 41.6 Å². The van der Waals surface area contributed by atoms with Crippen LogP contribution in [0.2, 0.25) is 0 Å². The first-order valence-electron chi connectivity index (χ1n) is 18.0. The number of carbonyl (C=O) groups is 1. The third-order valence-corrected chi connectivity index (χ3v) is 14.3. The molecule has 0 amide bonds. The zero-order valence-electron chi connectivity index (χ0n) is 31.9. The zero-order valence-corrected chi connectivity index (χ0v) is 32.5. The summed E-state index contributed by atoms with van der Waals surface area (Å²) in [5, 5.41) is 0. The van der Waals surface area contributed by atoms with Gasteiger partial charge >= 0.3 is 0 Å². The van der Waals surface area contributed by atoms with Crippen molar-refractivity contribution in [1.29, 1.82) is 0 Å². The second kappa shape index (κ2) is 19.0. The molecule has 2 aliphatic carbocycles. The molecule has 276 valence electrons. The highest BCUT2D eigenvalue weighted by Gasteiger charge is 2.34. The van der Waals surface area contributed by atoms with Gasteiger partial charge in [0.05, 0.1) is 29.5 Å². The van der Waals surface area contributed by atoms with Gasteiger partial charge in [0.1, 0.15) is 5.78 Å². The van der Waals surface area contributed by atoms with Gasteiger partial charge < -0.3 is 0 Å². The number of terminal acetylenes is 1. The largest absolute Gasteiger partial charge is 0.300 e. The van der Waals surface area contributed by atoms with Crippen LogP contribution in [0.1, 0.15) is 112 Å². The highest BCUT2D eigenvalue weighted by atomic mass is 32.2. The first kappa shape index (κ1) is 41.4. The van der Waals surface area contributed by atoms with E-state index in [1.54, 1.807) is 54.7 Å². The van der Waals surface area contributed by atoms with Crippen molar-refractivity contribution >= 4 is 25.6 Å². The molecular formula is C40H57FN2O5S2. The van der Waals surface area contributed by atoms with Gasteiger partial charge in [-0.1, -0.05) is 30.0 Å². The molecule has 10 heteroatoms. The van der Waals surface area contributed by atoms with Crippen LogP contribution >= 0.6 is 0 Å². The molecule has 1 heterocycles. The summed E-state index contributed by atoms with van der Waals surface area (Å²) in [6.45, 7) is 12.0. The summed E-state index contributed by atoms with van der Waals surface area (Å²) in [5.41, 5.74) is 3.63. The standard InChI is InChI=1S/C26H32N2O3S.C13H22O2S.CH3F/c1-19(29)17-21-12-13-23(25-7-5-6-16-27-25)18-22(21)11-8-20-9-14-24(15-10-20)28-32(30,31)26(2,3)4;1-5-11-6-8-12(9-7-11)10-16(14,15)13(2,3)4;1-2/h5-7,12-13,16,18,20,24,28H,9-10,14-15,17H2,1-4H3;1,11-12H,6-10H2,2-4H3;1H3/i;;1D. The van der Waals surface area contributed by atoms with Crippen molar-refractivity contribution in [1.82, 2.24) is 9.71 Å². The molecule has 0 unspecified atom stereocenters. The van der Waals surface area contributed by atoms with Crippen LogP contribution in [0, 0.1) is 41.9 Å². The molecular weight excluding hydrogens is 672 g/mol. The molecule has 0 atom stereocenters. The van der Waals surface area contributed by atoms with Crippen LogP contribution in [0.5, 0.6) is 0 Å². The van der Waals surface area contributed by atoms with Crippen LogP contribution < -0.4 is 4.72 Å². The van der Waals surface area contributed by atoms with E-state index < -0.39 is 36.5 Å². The van der Waals surface area contributed by atoms with Crippen LogP contribution in [0.15, 0.2) is 42.6 Å². The molecule has 0 spiro atoms. The molecule has 0 radical (unpaired) electrons. The van der Waals surface area contributed by atoms with E-state index in [1.807, 2.05) is 36.4 Å². The number of alkyl halides is 1. The normalized spacial score (nSPS) is 21.4. The molecule has 2 aromatic rings. The minimum absolute atomic E-state index is 0.0296. The summed E-state index contributed by atoms with van der Waals surface area (Å²) >= 11 is 0. The van der Waals surface area contributed by atoms with Gasteiger partial charge in [0.2, 0.25) is 10.0 Å². The first-order valence-corrected chi connectivity index (χ1v) is 20.5. The van der Waals surface area contributed by atoms with Gasteiger partial charge in [-0.3, -0.25) is 14.2 Å². The molecule has 1 aromatic carbocycles. The lowest BCUT2D eigenvalue weighted by atomic mass is 9.83. The quantitative estimate of drug-likeness (QED) is 0.292. The number of carbonyl (C=O) groups excluding carboxylic acids is 1. The van der Waals surface area contributed by atoms with Crippen molar-refractivity contribution in [2.24, 2.45) is 17.8 Å². The van der Waals surface area contributed by atoms with E-state index in [-0.39, 0.29) is 17.7 Å². The molecule has 1 N–H and O–H groups in total. The SMILES string of the molecule is C#CC1CCC(CS(=O)(=O)C(C)(C)C)CC1.CC(=O)Cc1ccc(-c2ccccn2)cc1C#CC1CCC(NS(=O)(=O)C(C)(C)C)CC1.[2H]CF. The monoisotopic (exact) mass is 729 g/mol. The highest BCUT2D eigenvalue weighted by molar-refractivity contribution is 7.92. The van der Waals surface area contributed by atoms with Crippen molar-refractivity contribution in [3.05, 3.63) is 53.7 Å². The number of ketones is 1. The number of sulfonamides is 1. The smallest absolute Gasteiger partial charge is 0.216 e. The number of hydrogen-bond acceptors (Lipinski definition) is 6. The molecule has 2 saturated carbocycles. The minimum atomic E-state index is -3.34. The van der Waals surface area contributed by atoms with Crippen molar-refractivity contribution < 1.29 is 27.4 Å². The number of pyridine rings is 1. The Labute approximate surface area is 303 Å². The summed E-state index contributed by atoms with van der Waals surface area (Å²) in [6, 6.07) is 11.7. The summed E-state index contributed by atoms with van der Waals surface area (Å²) in [4.78, 5) is 16.1. The molecule has 0 aliphatic heterocycles. The Morgan fingerprint density at radius 2 is 1.54 bits per heavy atom. The number of Topliss-reactive ketones (excluding diaryl/α,β-unsaturated/α-hetero) is 1. The predicted molar refractivity (Wildman–Crippen MR) is 203 cm³/mol. The molecule has 2 aliphatic rings. The number of nitrogens with zero attached hydrogens (tertiary/aromatic N) is 1. The van der Waals surface area contributed by atoms with Crippen LogP contribution in [-0.2, 0) is 31.1 Å². The number of aromatic nitrogens is 1.